The van der Waals surface area contributed by atoms with Gasteiger partial charge in [0.15, 0.2) is 16.1 Å². The Labute approximate surface area is 179 Å². The van der Waals surface area contributed by atoms with Gasteiger partial charge in [-0.05, 0) is 55.5 Å². The summed E-state index contributed by atoms with van der Waals surface area (Å²) in [6.07, 6.45) is 2.73. The molecule has 0 radical (unpaired) electrons. The largest absolute Gasteiger partial charge is 0.497 e. The predicted octanol–water partition coefficient (Wildman–Crippen LogP) is 3.99. The summed E-state index contributed by atoms with van der Waals surface area (Å²) in [5.74, 6) is 0.779. The van der Waals surface area contributed by atoms with Crippen LogP contribution in [0.4, 0.5) is 0 Å². The number of hydrogen-bond acceptors (Lipinski definition) is 6. The van der Waals surface area contributed by atoms with Crippen molar-refractivity contribution in [3.63, 3.8) is 0 Å². The van der Waals surface area contributed by atoms with Crippen molar-refractivity contribution in [2.24, 2.45) is 0 Å². The van der Waals surface area contributed by atoms with E-state index in [0.717, 1.165) is 30.6 Å². The van der Waals surface area contributed by atoms with Crippen molar-refractivity contribution in [2.45, 2.75) is 49.6 Å². The number of benzene rings is 2. The molecule has 0 aromatic heterocycles. The maximum atomic E-state index is 12.7. The van der Waals surface area contributed by atoms with E-state index < -0.39 is 9.84 Å². The fraction of sp³-hybridized carbons (Fsp3) is 0.478. The molecule has 3 rings (SSSR count). The van der Waals surface area contributed by atoms with Gasteiger partial charge in [-0.25, -0.2) is 8.42 Å². The zero-order valence-corrected chi connectivity index (χ0v) is 18.2. The van der Waals surface area contributed by atoms with Crippen LogP contribution in [0.3, 0.4) is 0 Å². The van der Waals surface area contributed by atoms with Crippen molar-refractivity contribution in [3.05, 3.63) is 60.2 Å². The van der Waals surface area contributed by atoms with Crippen molar-refractivity contribution >= 4 is 9.84 Å². The molecular weight excluding hydrogens is 404 g/mol. The van der Waals surface area contributed by atoms with Gasteiger partial charge in [0.05, 0.1) is 37.1 Å². The molecule has 6 nitrogen and oxygen atoms in total. The Hall–Kier alpha value is -1.93. The predicted molar refractivity (Wildman–Crippen MR) is 114 cm³/mol. The molecule has 2 aromatic carbocycles. The Morgan fingerprint density at radius 1 is 1.07 bits per heavy atom. The van der Waals surface area contributed by atoms with Gasteiger partial charge in [0.1, 0.15) is 5.75 Å². The van der Waals surface area contributed by atoms with E-state index in [9.17, 15) is 8.42 Å². The van der Waals surface area contributed by atoms with Gasteiger partial charge >= 0.3 is 0 Å². The fourth-order valence-electron chi connectivity index (χ4n) is 3.24. The molecule has 7 heteroatoms. The van der Waals surface area contributed by atoms with E-state index in [1.54, 1.807) is 37.4 Å². The van der Waals surface area contributed by atoms with Crippen molar-refractivity contribution in [2.75, 3.05) is 26.1 Å². The zero-order valence-electron chi connectivity index (χ0n) is 17.4. The van der Waals surface area contributed by atoms with Crippen LogP contribution in [0, 0.1) is 0 Å². The lowest BCUT2D eigenvalue weighted by Gasteiger charge is -2.25. The lowest BCUT2D eigenvalue weighted by Crippen LogP contribution is -2.29. The van der Waals surface area contributed by atoms with E-state index in [1.165, 1.54) is 0 Å². The zero-order chi connectivity index (χ0) is 21.2. The van der Waals surface area contributed by atoms with Crippen LogP contribution < -0.4 is 4.74 Å². The summed E-state index contributed by atoms with van der Waals surface area (Å²) >= 11 is 0. The molecule has 1 aliphatic rings. The average molecular weight is 435 g/mol. The summed E-state index contributed by atoms with van der Waals surface area (Å²) in [6, 6.07) is 16.1. The standard InChI is InChI=1S/C23H30O6S/c1-26-20-12-10-19(11-13-20)17-28-21(18-29-23-9-5-6-15-27-23)14-16-30(24,25)22-7-3-2-4-8-22/h2-4,7-8,10-13,21,23H,5-6,9,14-18H2,1H3/t21-,23?/m0/s1. The first-order valence-corrected chi connectivity index (χ1v) is 12.0. The second kappa shape index (κ2) is 11.5. The smallest absolute Gasteiger partial charge is 0.178 e. The normalized spacial score (nSPS) is 18.1. The van der Waals surface area contributed by atoms with Gasteiger partial charge in [-0.15, -0.1) is 0 Å². The highest BCUT2D eigenvalue weighted by Crippen LogP contribution is 2.18. The molecule has 0 aliphatic carbocycles. The van der Waals surface area contributed by atoms with Gasteiger partial charge in [0.2, 0.25) is 0 Å². The van der Waals surface area contributed by atoms with Crippen molar-refractivity contribution in [3.8, 4) is 5.75 Å². The molecular formula is C23H30O6S. The van der Waals surface area contributed by atoms with Gasteiger partial charge in [-0.1, -0.05) is 30.3 Å². The Morgan fingerprint density at radius 2 is 1.83 bits per heavy atom. The number of ether oxygens (including phenoxy) is 4. The molecule has 2 atom stereocenters. The van der Waals surface area contributed by atoms with E-state index in [2.05, 4.69) is 0 Å². The summed E-state index contributed by atoms with van der Waals surface area (Å²) < 4.78 is 48.0. The van der Waals surface area contributed by atoms with Gasteiger partial charge < -0.3 is 18.9 Å². The van der Waals surface area contributed by atoms with E-state index in [4.69, 9.17) is 18.9 Å². The van der Waals surface area contributed by atoms with Crippen molar-refractivity contribution < 1.29 is 27.4 Å². The van der Waals surface area contributed by atoms with Crippen LogP contribution in [-0.4, -0.2) is 46.9 Å². The molecule has 0 spiro atoms. The van der Waals surface area contributed by atoms with Crippen LogP contribution in [0.25, 0.3) is 0 Å². The second-order valence-electron chi connectivity index (χ2n) is 7.33. The van der Waals surface area contributed by atoms with Crippen LogP contribution in [0.1, 0.15) is 31.2 Å². The topological polar surface area (TPSA) is 71.1 Å². The van der Waals surface area contributed by atoms with Crippen LogP contribution >= 0.6 is 0 Å². The summed E-state index contributed by atoms with van der Waals surface area (Å²) in [5.41, 5.74) is 0.987. The Kier molecular flexibility index (Phi) is 8.69. The van der Waals surface area contributed by atoms with Crippen molar-refractivity contribution in [1.29, 1.82) is 0 Å². The highest BCUT2D eigenvalue weighted by Gasteiger charge is 2.21. The third kappa shape index (κ3) is 7.09. The van der Waals surface area contributed by atoms with E-state index in [-0.39, 0.29) is 18.1 Å². The van der Waals surface area contributed by atoms with Crippen LogP contribution in [0.15, 0.2) is 59.5 Å². The van der Waals surface area contributed by atoms with Gasteiger partial charge in [0.25, 0.3) is 0 Å². The molecule has 0 amide bonds. The maximum Gasteiger partial charge on any atom is 0.178 e. The molecule has 164 valence electrons. The second-order valence-corrected chi connectivity index (χ2v) is 9.44. The van der Waals surface area contributed by atoms with Gasteiger partial charge in [0, 0.05) is 6.61 Å². The summed E-state index contributed by atoms with van der Waals surface area (Å²) in [7, 11) is -1.75. The molecule has 0 bridgehead atoms. The quantitative estimate of drug-likeness (QED) is 0.533. The first kappa shape index (κ1) is 22.7. The molecule has 0 saturated carbocycles. The minimum Gasteiger partial charge on any atom is -0.497 e. The molecule has 1 heterocycles. The number of hydrogen-bond donors (Lipinski definition) is 0. The lowest BCUT2D eigenvalue weighted by atomic mass is 10.2. The minimum atomic E-state index is -3.37. The molecule has 1 fully saturated rings. The van der Waals surface area contributed by atoms with Crippen LogP contribution in [-0.2, 0) is 30.7 Å². The Morgan fingerprint density at radius 3 is 2.50 bits per heavy atom. The Balaban J connectivity index is 1.58. The molecule has 2 aromatic rings. The first-order chi connectivity index (χ1) is 14.6. The van der Waals surface area contributed by atoms with Crippen molar-refractivity contribution in [1.82, 2.24) is 0 Å². The maximum absolute atomic E-state index is 12.7. The van der Waals surface area contributed by atoms with Crippen LogP contribution in [0.5, 0.6) is 5.75 Å². The monoisotopic (exact) mass is 434 g/mol. The Bertz CT molecular complexity index is 845. The first-order valence-electron chi connectivity index (χ1n) is 10.3. The average Bonchev–Trinajstić information content (AvgIpc) is 2.80. The van der Waals surface area contributed by atoms with Gasteiger partial charge in [-0.2, -0.15) is 0 Å². The van der Waals surface area contributed by atoms with E-state index in [0.29, 0.717) is 31.1 Å². The molecule has 1 saturated heterocycles. The third-order valence-electron chi connectivity index (χ3n) is 5.06. The highest BCUT2D eigenvalue weighted by atomic mass is 32.2. The molecule has 1 aliphatic heterocycles. The van der Waals surface area contributed by atoms with Crippen LogP contribution in [0.2, 0.25) is 0 Å². The fourth-order valence-corrected chi connectivity index (χ4v) is 4.62. The van der Waals surface area contributed by atoms with Gasteiger partial charge in [-0.3, -0.25) is 0 Å². The van der Waals surface area contributed by atoms with E-state index in [1.807, 2.05) is 24.3 Å². The number of sulfone groups is 1. The highest BCUT2D eigenvalue weighted by molar-refractivity contribution is 7.91. The molecule has 30 heavy (non-hydrogen) atoms. The lowest BCUT2D eigenvalue weighted by molar-refractivity contribution is -0.181. The molecule has 0 N–H and O–H groups in total. The summed E-state index contributed by atoms with van der Waals surface area (Å²) in [4.78, 5) is 0.329. The minimum absolute atomic E-state index is 0.000817. The number of rotatable bonds is 11. The third-order valence-corrected chi connectivity index (χ3v) is 6.83. The molecule has 1 unspecified atom stereocenters. The summed E-state index contributed by atoms with van der Waals surface area (Å²) in [5, 5.41) is 0. The SMILES string of the molecule is COc1ccc(CO[C@@H](CCS(=O)(=O)c2ccccc2)COC2CCCCO2)cc1. The summed E-state index contributed by atoms with van der Waals surface area (Å²) in [6.45, 7) is 1.37. The number of methoxy groups -OCH3 is 1. The van der Waals surface area contributed by atoms with E-state index >= 15 is 0 Å².